The number of aromatic nitrogens is 2. The van der Waals surface area contributed by atoms with Crippen LogP contribution in [0.1, 0.15) is 11.5 Å². The number of hydrogen-bond donors (Lipinski definition) is 1. The number of anilines is 1. The van der Waals surface area contributed by atoms with E-state index in [-0.39, 0.29) is 40.3 Å². The molecule has 0 spiro atoms. The third-order valence-corrected chi connectivity index (χ3v) is 5.00. The van der Waals surface area contributed by atoms with E-state index in [1.54, 1.807) is 30.3 Å². The second kappa shape index (κ2) is 8.52. The van der Waals surface area contributed by atoms with Crippen molar-refractivity contribution in [3.8, 4) is 23.0 Å². The Balaban J connectivity index is 1.62. The Kier molecular flexibility index (Phi) is 5.81. The number of halogens is 4. The van der Waals surface area contributed by atoms with Gasteiger partial charge in [-0.25, -0.2) is 4.39 Å². The molecule has 1 heterocycles. The Morgan fingerprint density at radius 1 is 0.967 bits per heavy atom. The molecule has 4 aromatic rings. The molecule has 152 valence electrons. The largest absolute Gasteiger partial charge is 0.453 e. The summed E-state index contributed by atoms with van der Waals surface area (Å²) >= 11 is 18.3. The van der Waals surface area contributed by atoms with Crippen LogP contribution in [0.2, 0.25) is 15.1 Å². The third kappa shape index (κ3) is 4.36. The summed E-state index contributed by atoms with van der Waals surface area (Å²) in [6.07, 6.45) is 0.0362. The Bertz CT molecular complexity index is 1210. The van der Waals surface area contributed by atoms with E-state index in [2.05, 4.69) is 10.2 Å². The van der Waals surface area contributed by atoms with E-state index in [1.807, 2.05) is 0 Å². The topological polar surface area (TPSA) is 74.2 Å². The van der Waals surface area contributed by atoms with Crippen LogP contribution in [0.15, 0.2) is 59.0 Å². The zero-order chi connectivity index (χ0) is 21.3. The molecular weight excluding hydrogens is 452 g/mol. The summed E-state index contributed by atoms with van der Waals surface area (Å²) in [4.78, 5) is 0. The maximum atomic E-state index is 15.1. The predicted octanol–water partition coefficient (Wildman–Crippen LogP) is 6.80. The maximum Gasteiger partial charge on any atom is 0.249 e. The van der Waals surface area contributed by atoms with E-state index in [0.29, 0.717) is 21.3 Å². The standard InChI is InChI=1S/C21H13Cl3FN3O2/c22-12-8-13(26)10-14(9-12)29-20-17(24)6-5-11(19(20)25)7-18-27-28-21(30-18)15-3-1-2-4-16(15)23/h1-6,8-10H,7,26H2. The Morgan fingerprint density at radius 3 is 2.53 bits per heavy atom. The fraction of sp³-hybridized carbons (Fsp3) is 0.0476. The van der Waals surface area contributed by atoms with Crippen LogP contribution in [0.5, 0.6) is 11.5 Å². The zero-order valence-electron chi connectivity index (χ0n) is 15.2. The van der Waals surface area contributed by atoms with Gasteiger partial charge in [0.25, 0.3) is 0 Å². The Morgan fingerprint density at radius 2 is 1.77 bits per heavy atom. The number of nitrogen functional groups attached to an aromatic ring is 1. The van der Waals surface area contributed by atoms with Crippen molar-refractivity contribution in [2.24, 2.45) is 0 Å². The molecule has 4 rings (SSSR count). The number of ether oxygens (including phenoxy) is 1. The van der Waals surface area contributed by atoms with Gasteiger partial charge in [-0.2, -0.15) is 0 Å². The molecular formula is C21H13Cl3FN3O2. The molecule has 30 heavy (non-hydrogen) atoms. The molecule has 9 heteroatoms. The molecule has 0 aliphatic carbocycles. The van der Waals surface area contributed by atoms with Crippen LogP contribution >= 0.6 is 34.8 Å². The number of rotatable bonds is 5. The summed E-state index contributed by atoms with van der Waals surface area (Å²) < 4.78 is 26.4. The van der Waals surface area contributed by atoms with Crippen molar-refractivity contribution in [3.63, 3.8) is 0 Å². The van der Waals surface area contributed by atoms with Crippen molar-refractivity contribution in [3.05, 3.63) is 86.9 Å². The monoisotopic (exact) mass is 463 g/mol. The molecule has 1 aromatic heterocycles. The fourth-order valence-electron chi connectivity index (χ4n) is 2.80. The van der Waals surface area contributed by atoms with Gasteiger partial charge in [0.05, 0.1) is 22.0 Å². The zero-order valence-corrected chi connectivity index (χ0v) is 17.5. The molecule has 0 saturated heterocycles. The summed E-state index contributed by atoms with van der Waals surface area (Å²) in [7, 11) is 0. The lowest BCUT2D eigenvalue weighted by molar-refractivity contribution is 0.437. The van der Waals surface area contributed by atoms with Crippen molar-refractivity contribution >= 4 is 40.5 Å². The second-order valence-electron chi connectivity index (χ2n) is 6.33. The minimum atomic E-state index is -0.654. The third-order valence-electron chi connectivity index (χ3n) is 4.16. The van der Waals surface area contributed by atoms with Gasteiger partial charge in [0.2, 0.25) is 11.8 Å². The van der Waals surface area contributed by atoms with Gasteiger partial charge in [-0.3, -0.25) is 0 Å². The lowest BCUT2D eigenvalue weighted by Crippen LogP contribution is -1.98. The van der Waals surface area contributed by atoms with E-state index in [4.69, 9.17) is 49.7 Å². The van der Waals surface area contributed by atoms with Gasteiger partial charge in [0.1, 0.15) is 5.75 Å². The lowest BCUT2D eigenvalue weighted by Gasteiger charge is -2.12. The summed E-state index contributed by atoms with van der Waals surface area (Å²) in [5.74, 6) is -0.0862. The Labute approximate surface area is 186 Å². The molecule has 0 atom stereocenters. The molecule has 0 saturated carbocycles. The quantitative estimate of drug-likeness (QED) is 0.329. The molecule has 0 radical (unpaired) electrons. The number of benzene rings is 3. The molecule has 5 nitrogen and oxygen atoms in total. The molecule has 0 aliphatic heterocycles. The molecule has 0 fully saturated rings. The molecule has 0 amide bonds. The summed E-state index contributed by atoms with van der Waals surface area (Å²) in [6, 6.07) is 14.7. The fourth-order valence-corrected chi connectivity index (χ4v) is 3.43. The molecule has 0 bridgehead atoms. The van der Waals surface area contributed by atoms with Gasteiger partial charge >= 0.3 is 0 Å². The number of nitrogens with two attached hydrogens (primary N) is 1. The lowest BCUT2D eigenvalue weighted by atomic mass is 10.1. The first-order valence-corrected chi connectivity index (χ1v) is 9.82. The van der Waals surface area contributed by atoms with Gasteiger partial charge in [-0.1, -0.05) is 53.0 Å². The molecule has 2 N–H and O–H groups in total. The Hall–Kier alpha value is -2.80. The minimum Gasteiger partial charge on any atom is -0.453 e. The summed E-state index contributed by atoms with van der Waals surface area (Å²) in [6.45, 7) is 0. The van der Waals surface area contributed by atoms with E-state index in [9.17, 15) is 0 Å². The van der Waals surface area contributed by atoms with E-state index >= 15 is 4.39 Å². The highest BCUT2D eigenvalue weighted by Crippen LogP contribution is 2.36. The first-order chi connectivity index (χ1) is 14.4. The normalized spacial score (nSPS) is 10.9. The van der Waals surface area contributed by atoms with Gasteiger partial charge < -0.3 is 14.9 Å². The number of nitrogens with zero attached hydrogens (tertiary/aromatic N) is 2. The van der Waals surface area contributed by atoms with Crippen LogP contribution in [0.4, 0.5) is 10.1 Å². The molecule has 0 aliphatic rings. The van der Waals surface area contributed by atoms with Gasteiger partial charge in [-0.15, -0.1) is 10.2 Å². The van der Waals surface area contributed by atoms with Crippen molar-refractivity contribution in [1.29, 1.82) is 0 Å². The summed E-state index contributed by atoms with van der Waals surface area (Å²) in [5, 5.41) is 8.90. The smallest absolute Gasteiger partial charge is 0.249 e. The van der Waals surface area contributed by atoms with E-state index in [0.717, 1.165) is 0 Å². The summed E-state index contributed by atoms with van der Waals surface area (Å²) in [5.41, 5.74) is 6.99. The van der Waals surface area contributed by atoms with Crippen molar-refractivity contribution in [1.82, 2.24) is 10.2 Å². The van der Waals surface area contributed by atoms with Gasteiger partial charge in [0.15, 0.2) is 11.6 Å². The van der Waals surface area contributed by atoms with Crippen LogP contribution in [0.25, 0.3) is 11.5 Å². The van der Waals surface area contributed by atoms with Crippen molar-refractivity contribution in [2.45, 2.75) is 6.42 Å². The van der Waals surface area contributed by atoms with Crippen molar-refractivity contribution in [2.75, 3.05) is 5.73 Å². The van der Waals surface area contributed by atoms with Gasteiger partial charge in [0, 0.05) is 22.3 Å². The van der Waals surface area contributed by atoms with Crippen LogP contribution < -0.4 is 10.5 Å². The average Bonchev–Trinajstić information content (AvgIpc) is 3.15. The molecule has 3 aromatic carbocycles. The van der Waals surface area contributed by atoms with E-state index in [1.165, 1.54) is 24.3 Å². The van der Waals surface area contributed by atoms with Crippen LogP contribution in [-0.4, -0.2) is 10.2 Å². The van der Waals surface area contributed by atoms with E-state index < -0.39 is 5.82 Å². The predicted molar refractivity (Wildman–Crippen MR) is 115 cm³/mol. The van der Waals surface area contributed by atoms with Gasteiger partial charge in [-0.05, 0) is 30.3 Å². The minimum absolute atomic E-state index is 0.0362. The maximum absolute atomic E-state index is 15.1. The highest BCUT2D eigenvalue weighted by atomic mass is 35.5. The average molecular weight is 465 g/mol. The highest BCUT2D eigenvalue weighted by molar-refractivity contribution is 6.33. The number of hydrogen-bond acceptors (Lipinski definition) is 5. The first kappa shape index (κ1) is 20.5. The van der Waals surface area contributed by atoms with Crippen molar-refractivity contribution < 1.29 is 13.5 Å². The van der Waals surface area contributed by atoms with Crippen LogP contribution in [-0.2, 0) is 6.42 Å². The van der Waals surface area contributed by atoms with Crippen LogP contribution in [0.3, 0.4) is 0 Å². The first-order valence-electron chi connectivity index (χ1n) is 8.69. The SMILES string of the molecule is Nc1cc(Cl)cc(Oc2c(Cl)ccc(Cc3nnc(-c4ccccc4Cl)o3)c2F)c1. The van der Waals surface area contributed by atoms with Crippen LogP contribution in [0, 0.1) is 5.82 Å². The highest BCUT2D eigenvalue weighted by Gasteiger charge is 2.18. The molecule has 0 unspecified atom stereocenters. The second-order valence-corrected chi connectivity index (χ2v) is 7.58.